The van der Waals surface area contributed by atoms with Gasteiger partial charge in [-0.05, 0) is 68.7 Å². The summed E-state index contributed by atoms with van der Waals surface area (Å²) in [4.78, 5) is 51.8. The number of hydrogen-bond donors (Lipinski definition) is 1. The molecule has 0 aliphatic carbocycles. The SMILES string of the molecule is CSCCC(C(=O)Nc1ccc(C(=O)OC(C)C)cc1)N1C(=O)c2ccccc2C1=O. The Kier molecular flexibility index (Phi) is 7.12. The molecule has 1 aliphatic rings. The normalized spacial score (nSPS) is 13.9. The highest BCUT2D eigenvalue weighted by molar-refractivity contribution is 7.98. The second-order valence-electron chi connectivity index (χ2n) is 7.34. The highest BCUT2D eigenvalue weighted by atomic mass is 32.2. The quantitative estimate of drug-likeness (QED) is 0.498. The van der Waals surface area contributed by atoms with Crippen LogP contribution in [0.5, 0.6) is 0 Å². The van der Waals surface area contributed by atoms with Gasteiger partial charge in [-0.15, -0.1) is 0 Å². The van der Waals surface area contributed by atoms with Crippen LogP contribution in [0.2, 0.25) is 0 Å². The smallest absolute Gasteiger partial charge is 0.338 e. The fourth-order valence-corrected chi connectivity index (χ4v) is 3.75. The van der Waals surface area contributed by atoms with E-state index in [9.17, 15) is 19.2 Å². The Morgan fingerprint density at radius 3 is 2.10 bits per heavy atom. The van der Waals surface area contributed by atoms with Crippen LogP contribution in [0.1, 0.15) is 51.3 Å². The Balaban J connectivity index is 1.78. The first kappa shape index (κ1) is 22.6. The number of amides is 3. The number of ether oxygens (including phenoxy) is 1. The first-order valence-corrected chi connectivity index (χ1v) is 11.3. The molecule has 1 aliphatic heterocycles. The van der Waals surface area contributed by atoms with Crippen molar-refractivity contribution in [2.24, 2.45) is 0 Å². The second-order valence-corrected chi connectivity index (χ2v) is 8.33. The summed E-state index contributed by atoms with van der Waals surface area (Å²) in [6.45, 7) is 3.53. The van der Waals surface area contributed by atoms with Gasteiger partial charge in [0.05, 0.1) is 22.8 Å². The standard InChI is InChI=1S/C23H24N2O5S/c1-14(2)30-23(29)15-8-10-16(11-9-15)24-20(26)19(12-13-31-3)25-21(27)17-6-4-5-7-18(17)22(25)28/h4-11,14,19H,12-13H2,1-3H3,(H,24,26). The van der Waals surface area contributed by atoms with Gasteiger partial charge in [0.1, 0.15) is 6.04 Å². The van der Waals surface area contributed by atoms with Crippen LogP contribution >= 0.6 is 11.8 Å². The minimum Gasteiger partial charge on any atom is -0.459 e. The van der Waals surface area contributed by atoms with Gasteiger partial charge < -0.3 is 10.1 Å². The molecule has 3 rings (SSSR count). The number of nitrogens with one attached hydrogen (secondary N) is 1. The van der Waals surface area contributed by atoms with Crippen LogP contribution in [-0.4, -0.2) is 52.7 Å². The molecule has 1 atom stereocenters. The van der Waals surface area contributed by atoms with Gasteiger partial charge in [-0.1, -0.05) is 12.1 Å². The Morgan fingerprint density at radius 2 is 1.58 bits per heavy atom. The van der Waals surface area contributed by atoms with Gasteiger partial charge in [-0.3, -0.25) is 19.3 Å². The number of fused-ring (bicyclic) bond motifs is 1. The average Bonchev–Trinajstić information content (AvgIpc) is 2.99. The summed E-state index contributed by atoms with van der Waals surface area (Å²) >= 11 is 1.53. The molecule has 0 aromatic heterocycles. The van der Waals surface area contributed by atoms with E-state index < -0.39 is 29.7 Å². The number of imide groups is 1. The summed E-state index contributed by atoms with van der Waals surface area (Å²) in [5.41, 5.74) is 1.44. The Hall–Kier alpha value is -3.13. The summed E-state index contributed by atoms with van der Waals surface area (Å²) in [5.74, 6) is -1.23. The summed E-state index contributed by atoms with van der Waals surface area (Å²) in [7, 11) is 0. The largest absolute Gasteiger partial charge is 0.459 e. The van der Waals surface area contributed by atoms with Gasteiger partial charge in [0, 0.05) is 5.69 Å². The number of anilines is 1. The third kappa shape index (κ3) is 4.96. The van der Waals surface area contributed by atoms with Crippen molar-refractivity contribution in [2.45, 2.75) is 32.4 Å². The van der Waals surface area contributed by atoms with E-state index in [-0.39, 0.29) is 6.10 Å². The van der Waals surface area contributed by atoms with Gasteiger partial charge in [0.25, 0.3) is 11.8 Å². The minimum absolute atomic E-state index is 0.233. The first-order valence-electron chi connectivity index (χ1n) is 9.91. The van der Waals surface area contributed by atoms with Gasteiger partial charge in [-0.25, -0.2) is 4.79 Å². The molecule has 2 aromatic rings. The van der Waals surface area contributed by atoms with Crippen molar-refractivity contribution in [3.63, 3.8) is 0 Å². The number of carbonyl (C=O) groups is 4. The molecule has 0 radical (unpaired) electrons. The maximum atomic E-state index is 13.1. The number of nitrogens with zero attached hydrogens (tertiary/aromatic N) is 1. The molecule has 8 heteroatoms. The van der Waals surface area contributed by atoms with E-state index in [0.29, 0.717) is 34.6 Å². The van der Waals surface area contributed by atoms with Crippen molar-refractivity contribution in [1.29, 1.82) is 0 Å². The Morgan fingerprint density at radius 1 is 1.00 bits per heavy atom. The van der Waals surface area contributed by atoms with Crippen molar-refractivity contribution in [3.8, 4) is 0 Å². The Bertz CT molecular complexity index is 968. The second kappa shape index (κ2) is 9.78. The Labute approximate surface area is 185 Å². The number of thioether (sulfide) groups is 1. The molecule has 0 saturated heterocycles. The lowest BCUT2D eigenvalue weighted by atomic mass is 10.1. The van der Waals surface area contributed by atoms with Crippen molar-refractivity contribution >= 4 is 41.1 Å². The molecule has 1 heterocycles. The van der Waals surface area contributed by atoms with Gasteiger partial charge in [0.2, 0.25) is 5.91 Å². The highest BCUT2D eigenvalue weighted by Crippen LogP contribution is 2.27. The van der Waals surface area contributed by atoms with E-state index in [1.165, 1.54) is 11.8 Å². The lowest BCUT2D eigenvalue weighted by molar-refractivity contribution is -0.120. The minimum atomic E-state index is -0.939. The molecule has 0 spiro atoms. The van der Waals surface area contributed by atoms with Gasteiger partial charge >= 0.3 is 5.97 Å². The number of benzene rings is 2. The fraction of sp³-hybridized carbons (Fsp3) is 0.304. The summed E-state index contributed by atoms with van der Waals surface area (Å²) in [6.07, 6.45) is 1.99. The topological polar surface area (TPSA) is 92.8 Å². The molecule has 1 unspecified atom stereocenters. The third-order valence-corrected chi connectivity index (χ3v) is 5.41. The predicted octanol–water partition coefficient (Wildman–Crippen LogP) is 3.61. The lowest BCUT2D eigenvalue weighted by Gasteiger charge is -2.25. The zero-order valence-corrected chi connectivity index (χ0v) is 18.4. The van der Waals surface area contributed by atoms with E-state index in [2.05, 4.69) is 5.32 Å². The summed E-state index contributed by atoms with van der Waals surface area (Å²) in [5, 5.41) is 2.76. The van der Waals surface area contributed by atoms with Crippen molar-refractivity contribution in [2.75, 3.05) is 17.3 Å². The summed E-state index contributed by atoms with van der Waals surface area (Å²) in [6, 6.07) is 11.9. The molecule has 0 saturated carbocycles. The number of carbonyl (C=O) groups excluding carboxylic acids is 4. The van der Waals surface area contributed by atoms with Crippen molar-refractivity contribution in [1.82, 2.24) is 4.90 Å². The zero-order chi connectivity index (χ0) is 22.5. The molecule has 31 heavy (non-hydrogen) atoms. The van der Waals surface area contributed by atoms with E-state index in [4.69, 9.17) is 4.74 Å². The molecular weight excluding hydrogens is 416 g/mol. The van der Waals surface area contributed by atoms with Crippen molar-refractivity contribution < 1.29 is 23.9 Å². The average molecular weight is 441 g/mol. The molecule has 3 amide bonds. The van der Waals surface area contributed by atoms with E-state index >= 15 is 0 Å². The first-order chi connectivity index (χ1) is 14.8. The van der Waals surface area contributed by atoms with Crippen LogP contribution in [-0.2, 0) is 9.53 Å². The fourth-order valence-electron chi connectivity index (χ4n) is 3.30. The molecule has 7 nitrogen and oxygen atoms in total. The molecule has 162 valence electrons. The van der Waals surface area contributed by atoms with Crippen LogP contribution in [0.15, 0.2) is 48.5 Å². The lowest BCUT2D eigenvalue weighted by Crippen LogP contribution is -2.47. The van der Waals surface area contributed by atoms with Crippen LogP contribution in [0.3, 0.4) is 0 Å². The molecule has 1 N–H and O–H groups in total. The monoisotopic (exact) mass is 440 g/mol. The van der Waals surface area contributed by atoms with E-state index in [0.717, 1.165) is 4.90 Å². The van der Waals surface area contributed by atoms with Crippen LogP contribution < -0.4 is 5.32 Å². The molecule has 2 aromatic carbocycles. The number of esters is 1. The van der Waals surface area contributed by atoms with Crippen LogP contribution in [0, 0.1) is 0 Å². The van der Waals surface area contributed by atoms with Crippen LogP contribution in [0.4, 0.5) is 5.69 Å². The maximum absolute atomic E-state index is 13.1. The predicted molar refractivity (Wildman–Crippen MR) is 119 cm³/mol. The van der Waals surface area contributed by atoms with E-state index in [1.807, 2.05) is 6.26 Å². The molecular formula is C23H24N2O5S. The third-order valence-electron chi connectivity index (χ3n) is 4.77. The van der Waals surface area contributed by atoms with Gasteiger partial charge in [0.15, 0.2) is 0 Å². The maximum Gasteiger partial charge on any atom is 0.338 e. The highest BCUT2D eigenvalue weighted by Gasteiger charge is 2.42. The summed E-state index contributed by atoms with van der Waals surface area (Å²) < 4.78 is 5.15. The van der Waals surface area contributed by atoms with E-state index in [1.54, 1.807) is 62.4 Å². The number of hydrogen-bond acceptors (Lipinski definition) is 6. The van der Waals surface area contributed by atoms with Gasteiger partial charge in [-0.2, -0.15) is 11.8 Å². The molecule has 0 fully saturated rings. The number of rotatable bonds is 8. The zero-order valence-electron chi connectivity index (χ0n) is 17.6. The van der Waals surface area contributed by atoms with Crippen molar-refractivity contribution in [3.05, 3.63) is 65.2 Å². The van der Waals surface area contributed by atoms with Crippen LogP contribution in [0.25, 0.3) is 0 Å². The molecule has 0 bridgehead atoms.